The minimum atomic E-state index is -0.253. The molecular weight excluding hydrogens is 233 g/mol. The molecule has 1 aliphatic heterocycles. The summed E-state index contributed by atoms with van der Waals surface area (Å²) >= 11 is 0. The van der Waals surface area contributed by atoms with Gasteiger partial charge in [-0.3, -0.25) is 14.5 Å². The number of rotatable bonds is 4. The van der Waals surface area contributed by atoms with Gasteiger partial charge in [0.05, 0.1) is 17.0 Å². The van der Waals surface area contributed by atoms with E-state index in [0.717, 1.165) is 0 Å². The van der Waals surface area contributed by atoms with Crippen molar-refractivity contribution in [2.24, 2.45) is 0 Å². The predicted molar refractivity (Wildman–Crippen MR) is 65.9 cm³/mol. The lowest BCUT2D eigenvalue weighted by atomic mass is 10.1. The van der Waals surface area contributed by atoms with Gasteiger partial charge in [0.25, 0.3) is 11.8 Å². The van der Waals surface area contributed by atoms with Crippen molar-refractivity contribution in [2.45, 2.75) is 19.8 Å². The molecule has 0 atom stereocenters. The molecule has 0 radical (unpaired) electrons. The molecule has 0 unspecified atom stereocenters. The van der Waals surface area contributed by atoms with Crippen molar-refractivity contribution >= 4 is 11.8 Å². The molecule has 0 bridgehead atoms. The van der Waals surface area contributed by atoms with Gasteiger partial charge in [-0.05, 0) is 31.9 Å². The lowest BCUT2D eigenvalue weighted by Crippen LogP contribution is -2.30. The highest BCUT2D eigenvalue weighted by Crippen LogP contribution is 2.22. The van der Waals surface area contributed by atoms with Crippen LogP contribution in [0.15, 0.2) is 36.2 Å². The van der Waals surface area contributed by atoms with E-state index in [1.165, 1.54) is 17.9 Å². The topological polar surface area (TPSA) is 37.4 Å². The van der Waals surface area contributed by atoms with Crippen LogP contribution < -0.4 is 0 Å². The highest BCUT2D eigenvalue weighted by molar-refractivity contribution is 6.21. The van der Waals surface area contributed by atoms with Crippen molar-refractivity contribution in [3.8, 4) is 0 Å². The van der Waals surface area contributed by atoms with Gasteiger partial charge >= 0.3 is 0 Å². The number of carbonyl (C=O) groups excluding carboxylic acids is 2. The number of amides is 2. The average molecular weight is 247 g/mol. The van der Waals surface area contributed by atoms with Crippen LogP contribution in [0.3, 0.4) is 0 Å². The van der Waals surface area contributed by atoms with Gasteiger partial charge in [-0.15, -0.1) is 0 Å². The Bertz CT molecular complexity index is 483. The number of hydrogen-bond acceptors (Lipinski definition) is 2. The van der Waals surface area contributed by atoms with Crippen molar-refractivity contribution in [2.75, 3.05) is 6.54 Å². The van der Waals surface area contributed by atoms with E-state index >= 15 is 0 Å². The molecule has 0 spiro atoms. The van der Waals surface area contributed by atoms with E-state index in [1.807, 2.05) is 0 Å². The number of halogens is 1. The molecule has 0 saturated carbocycles. The molecule has 18 heavy (non-hydrogen) atoms. The fourth-order valence-corrected chi connectivity index (χ4v) is 1.99. The van der Waals surface area contributed by atoms with Crippen LogP contribution in [-0.4, -0.2) is 23.3 Å². The molecule has 2 rings (SSSR count). The fourth-order valence-electron chi connectivity index (χ4n) is 1.99. The van der Waals surface area contributed by atoms with Gasteiger partial charge in [0.15, 0.2) is 0 Å². The summed E-state index contributed by atoms with van der Waals surface area (Å²) in [6.45, 7) is 1.71. The zero-order valence-corrected chi connectivity index (χ0v) is 10.1. The number of fused-ring (bicyclic) bond motifs is 1. The van der Waals surface area contributed by atoms with Crippen LogP contribution in [0.1, 0.15) is 40.5 Å². The van der Waals surface area contributed by atoms with Crippen LogP contribution in [0.5, 0.6) is 0 Å². The van der Waals surface area contributed by atoms with Crippen LogP contribution in [0.25, 0.3) is 0 Å². The van der Waals surface area contributed by atoms with Crippen molar-refractivity contribution in [3.05, 3.63) is 47.3 Å². The highest BCUT2D eigenvalue weighted by atomic mass is 19.1. The number of imide groups is 1. The molecule has 2 amide bonds. The first-order valence-corrected chi connectivity index (χ1v) is 5.88. The molecule has 0 aromatic heterocycles. The number of hydrogen-bond donors (Lipinski definition) is 0. The molecule has 0 saturated heterocycles. The first-order chi connectivity index (χ1) is 8.61. The van der Waals surface area contributed by atoms with Crippen LogP contribution in [0.4, 0.5) is 4.39 Å². The molecule has 0 fully saturated rings. The standard InChI is InChI=1S/C14H14FNO2/c1-10(15)6-4-5-9-16-13(17)11-7-2-3-8-12(11)14(16)18/h2-3,6-8H,4-5,9H2,1H3. The van der Waals surface area contributed by atoms with Gasteiger partial charge in [0.1, 0.15) is 0 Å². The summed E-state index contributed by atoms with van der Waals surface area (Å²) in [6, 6.07) is 6.79. The third kappa shape index (κ3) is 2.32. The summed E-state index contributed by atoms with van der Waals surface area (Å²) in [5.74, 6) is -0.745. The van der Waals surface area contributed by atoms with Gasteiger partial charge in [-0.2, -0.15) is 0 Å². The molecule has 1 heterocycles. The summed E-state index contributed by atoms with van der Waals surface area (Å²) in [5, 5.41) is 0. The van der Waals surface area contributed by atoms with Gasteiger partial charge < -0.3 is 0 Å². The van der Waals surface area contributed by atoms with Crippen LogP contribution in [0, 0.1) is 0 Å². The molecule has 1 aromatic carbocycles. The second-order valence-electron chi connectivity index (χ2n) is 4.24. The summed E-state index contributed by atoms with van der Waals surface area (Å²) in [5.41, 5.74) is 0.916. The Morgan fingerprint density at radius 3 is 2.28 bits per heavy atom. The van der Waals surface area contributed by atoms with E-state index in [-0.39, 0.29) is 17.6 Å². The third-order valence-corrected chi connectivity index (χ3v) is 2.89. The second-order valence-corrected chi connectivity index (χ2v) is 4.24. The zero-order valence-electron chi connectivity index (χ0n) is 10.1. The summed E-state index contributed by atoms with van der Waals surface area (Å²) < 4.78 is 12.5. The maximum atomic E-state index is 12.5. The van der Waals surface area contributed by atoms with Gasteiger partial charge in [0.2, 0.25) is 0 Å². The maximum absolute atomic E-state index is 12.5. The second kappa shape index (κ2) is 5.12. The fraction of sp³-hybridized carbons (Fsp3) is 0.286. The number of carbonyl (C=O) groups is 2. The number of allylic oxidation sites excluding steroid dienone is 2. The number of nitrogens with zero attached hydrogens (tertiary/aromatic N) is 1. The van der Waals surface area contributed by atoms with Crippen LogP contribution in [-0.2, 0) is 0 Å². The molecule has 1 aliphatic rings. The summed E-state index contributed by atoms with van der Waals surface area (Å²) in [6.07, 6.45) is 2.56. The largest absolute Gasteiger partial charge is 0.274 e. The van der Waals surface area contributed by atoms with E-state index in [4.69, 9.17) is 0 Å². The van der Waals surface area contributed by atoms with E-state index in [2.05, 4.69) is 0 Å². The highest BCUT2D eigenvalue weighted by Gasteiger charge is 2.34. The summed E-state index contributed by atoms with van der Waals surface area (Å²) in [7, 11) is 0. The average Bonchev–Trinajstić information content (AvgIpc) is 2.59. The monoisotopic (exact) mass is 247 g/mol. The lowest BCUT2D eigenvalue weighted by Gasteiger charge is -2.12. The van der Waals surface area contributed by atoms with Crippen molar-refractivity contribution < 1.29 is 14.0 Å². The predicted octanol–water partition coefficient (Wildman–Crippen LogP) is 2.94. The Morgan fingerprint density at radius 2 is 1.78 bits per heavy atom. The Morgan fingerprint density at radius 1 is 1.22 bits per heavy atom. The molecule has 1 aromatic rings. The van der Waals surface area contributed by atoms with Crippen LogP contribution >= 0.6 is 0 Å². The van der Waals surface area contributed by atoms with Gasteiger partial charge in [0, 0.05) is 6.54 Å². The van der Waals surface area contributed by atoms with E-state index < -0.39 is 0 Å². The lowest BCUT2D eigenvalue weighted by molar-refractivity contribution is 0.0653. The summed E-state index contributed by atoms with van der Waals surface area (Å²) in [4.78, 5) is 25.1. The Kier molecular flexibility index (Phi) is 3.55. The Labute approximate surface area is 105 Å². The normalized spacial score (nSPS) is 15.2. The quantitative estimate of drug-likeness (QED) is 0.606. The van der Waals surface area contributed by atoms with E-state index in [0.29, 0.717) is 30.5 Å². The van der Waals surface area contributed by atoms with Crippen LogP contribution in [0.2, 0.25) is 0 Å². The van der Waals surface area contributed by atoms with Gasteiger partial charge in [-0.1, -0.05) is 18.2 Å². The molecule has 0 N–H and O–H groups in total. The zero-order chi connectivity index (χ0) is 13.1. The van der Waals surface area contributed by atoms with E-state index in [1.54, 1.807) is 24.3 Å². The Hall–Kier alpha value is -1.97. The number of benzene rings is 1. The molecule has 3 nitrogen and oxygen atoms in total. The maximum Gasteiger partial charge on any atom is 0.261 e. The SMILES string of the molecule is CC(F)=CCCCN1C(=O)c2ccccc2C1=O. The first kappa shape index (κ1) is 12.5. The van der Waals surface area contributed by atoms with Gasteiger partial charge in [-0.25, -0.2) is 4.39 Å². The van der Waals surface area contributed by atoms with Crippen molar-refractivity contribution in [1.82, 2.24) is 4.90 Å². The van der Waals surface area contributed by atoms with E-state index in [9.17, 15) is 14.0 Å². The molecule has 4 heteroatoms. The molecule has 94 valence electrons. The smallest absolute Gasteiger partial charge is 0.261 e. The molecular formula is C14H14FNO2. The van der Waals surface area contributed by atoms with Crippen molar-refractivity contribution in [3.63, 3.8) is 0 Å². The van der Waals surface area contributed by atoms with Crippen molar-refractivity contribution in [1.29, 1.82) is 0 Å². The first-order valence-electron chi connectivity index (χ1n) is 5.88. The Balaban J connectivity index is 2.03. The molecule has 0 aliphatic carbocycles. The third-order valence-electron chi connectivity index (χ3n) is 2.89. The number of unbranched alkanes of at least 4 members (excludes halogenated alkanes) is 1. The minimum Gasteiger partial charge on any atom is -0.274 e. The minimum absolute atomic E-state index is 0.239.